The lowest BCUT2D eigenvalue weighted by Gasteiger charge is -2.24. The highest BCUT2D eigenvalue weighted by Crippen LogP contribution is 2.23. The smallest absolute Gasteiger partial charge is 0.221 e. The van der Waals surface area contributed by atoms with Crippen LogP contribution in [-0.2, 0) is 11.3 Å². The van der Waals surface area contributed by atoms with E-state index in [2.05, 4.69) is 31.4 Å². The molecule has 0 spiro atoms. The number of rotatable bonds is 6. The zero-order valence-corrected chi connectivity index (χ0v) is 14.5. The highest BCUT2D eigenvalue weighted by Gasteiger charge is 2.15. The Morgan fingerprint density at radius 3 is 2.45 bits per heavy atom. The molecule has 1 atom stereocenters. The fourth-order valence-corrected chi connectivity index (χ4v) is 2.12. The number of hydrogen-bond acceptors (Lipinski definition) is 4. The Bertz CT molecular complexity index is 507. The number of amides is 1. The topological polar surface area (TPSA) is 64.6 Å². The van der Waals surface area contributed by atoms with Crippen LogP contribution in [0.1, 0.15) is 44.9 Å². The minimum Gasteiger partial charge on any atom is -0.387 e. The van der Waals surface area contributed by atoms with Crippen molar-refractivity contribution in [3.8, 4) is 0 Å². The second kappa shape index (κ2) is 7.72. The molecule has 3 N–H and O–H groups in total. The van der Waals surface area contributed by atoms with Crippen molar-refractivity contribution >= 4 is 11.6 Å². The van der Waals surface area contributed by atoms with E-state index < -0.39 is 6.10 Å². The van der Waals surface area contributed by atoms with Gasteiger partial charge in [-0.05, 0) is 58.1 Å². The molecule has 0 aliphatic heterocycles. The molecule has 0 aliphatic rings. The lowest BCUT2D eigenvalue weighted by molar-refractivity contribution is -0.114. The van der Waals surface area contributed by atoms with Gasteiger partial charge >= 0.3 is 0 Å². The van der Waals surface area contributed by atoms with Gasteiger partial charge in [0.1, 0.15) is 0 Å². The van der Waals surface area contributed by atoms with Crippen molar-refractivity contribution in [2.45, 2.75) is 45.9 Å². The van der Waals surface area contributed by atoms with Gasteiger partial charge < -0.3 is 20.6 Å². The van der Waals surface area contributed by atoms with Gasteiger partial charge in [0.2, 0.25) is 5.91 Å². The molecule has 124 valence electrons. The first-order valence-corrected chi connectivity index (χ1v) is 7.57. The molecule has 0 saturated carbocycles. The summed E-state index contributed by atoms with van der Waals surface area (Å²) >= 11 is 0. The minimum atomic E-state index is -0.577. The molecule has 0 bridgehead atoms. The Kier molecular flexibility index (Phi) is 6.53. The van der Waals surface area contributed by atoms with E-state index in [-0.39, 0.29) is 11.4 Å². The zero-order chi connectivity index (χ0) is 16.9. The van der Waals surface area contributed by atoms with Gasteiger partial charge in [-0.1, -0.05) is 6.07 Å². The van der Waals surface area contributed by atoms with E-state index in [0.29, 0.717) is 13.1 Å². The lowest BCUT2D eigenvalue weighted by atomic mass is 10.0. The summed E-state index contributed by atoms with van der Waals surface area (Å²) in [6.45, 7) is 8.88. The van der Waals surface area contributed by atoms with E-state index >= 15 is 0 Å². The van der Waals surface area contributed by atoms with Gasteiger partial charge in [0.15, 0.2) is 0 Å². The monoisotopic (exact) mass is 307 g/mol. The number of β-amino-alcohol motifs (C(OH)–C–C–N with tert-alkyl or cyclic N) is 1. The third-order valence-corrected chi connectivity index (χ3v) is 3.14. The molecule has 1 unspecified atom stereocenters. The Balaban J connectivity index is 2.94. The number of carbonyl (C=O) groups is 1. The van der Waals surface area contributed by atoms with Crippen molar-refractivity contribution in [3.05, 3.63) is 29.3 Å². The van der Waals surface area contributed by atoms with Crippen molar-refractivity contribution in [2.24, 2.45) is 0 Å². The van der Waals surface area contributed by atoms with Crippen molar-refractivity contribution in [2.75, 3.05) is 26.0 Å². The molecule has 1 amide bonds. The van der Waals surface area contributed by atoms with Gasteiger partial charge in [0, 0.05) is 31.2 Å². The molecule has 0 aromatic heterocycles. The SMILES string of the molecule is CC(=O)Nc1ccc(C(O)CNC(C)(C)C)cc1CN(C)C. The largest absolute Gasteiger partial charge is 0.387 e. The highest BCUT2D eigenvalue weighted by atomic mass is 16.3. The van der Waals surface area contributed by atoms with Crippen molar-refractivity contribution in [1.29, 1.82) is 0 Å². The summed E-state index contributed by atoms with van der Waals surface area (Å²) in [5, 5.41) is 16.5. The van der Waals surface area contributed by atoms with Crippen molar-refractivity contribution in [1.82, 2.24) is 10.2 Å². The van der Waals surface area contributed by atoms with Gasteiger partial charge in [-0.2, -0.15) is 0 Å². The van der Waals surface area contributed by atoms with E-state index in [1.807, 2.05) is 37.2 Å². The first-order valence-electron chi connectivity index (χ1n) is 7.57. The molecule has 0 aliphatic carbocycles. The summed E-state index contributed by atoms with van der Waals surface area (Å²) < 4.78 is 0. The summed E-state index contributed by atoms with van der Waals surface area (Å²) in [6.07, 6.45) is -0.577. The lowest BCUT2D eigenvalue weighted by Crippen LogP contribution is -2.38. The summed E-state index contributed by atoms with van der Waals surface area (Å²) in [6, 6.07) is 5.68. The number of nitrogens with zero attached hydrogens (tertiary/aromatic N) is 1. The van der Waals surface area contributed by atoms with Crippen LogP contribution in [-0.4, -0.2) is 42.1 Å². The van der Waals surface area contributed by atoms with Crippen molar-refractivity contribution < 1.29 is 9.90 Å². The second-order valence-corrected chi connectivity index (χ2v) is 6.98. The van der Waals surface area contributed by atoms with E-state index in [1.54, 1.807) is 0 Å². The molecule has 0 radical (unpaired) electrons. The van der Waals surface area contributed by atoms with Gasteiger partial charge in [-0.25, -0.2) is 0 Å². The quantitative estimate of drug-likeness (QED) is 0.753. The molecule has 0 fully saturated rings. The van der Waals surface area contributed by atoms with Crippen LogP contribution in [0.4, 0.5) is 5.69 Å². The molecule has 22 heavy (non-hydrogen) atoms. The number of hydrogen-bond donors (Lipinski definition) is 3. The summed E-state index contributed by atoms with van der Waals surface area (Å²) in [5.74, 6) is -0.0947. The number of aliphatic hydroxyl groups excluding tert-OH is 1. The molecule has 0 saturated heterocycles. The fraction of sp³-hybridized carbons (Fsp3) is 0.588. The molecule has 1 aromatic carbocycles. The van der Waals surface area contributed by atoms with Crippen LogP contribution >= 0.6 is 0 Å². The van der Waals surface area contributed by atoms with Crippen molar-refractivity contribution in [3.63, 3.8) is 0 Å². The average molecular weight is 307 g/mol. The third kappa shape index (κ3) is 6.56. The van der Waals surface area contributed by atoms with Crippen LogP contribution in [0.2, 0.25) is 0 Å². The van der Waals surface area contributed by atoms with Gasteiger partial charge in [-0.15, -0.1) is 0 Å². The minimum absolute atomic E-state index is 0.0381. The number of carbonyl (C=O) groups excluding carboxylic acids is 1. The maximum absolute atomic E-state index is 11.3. The van der Waals surface area contributed by atoms with Crippen LogP contribution in [0.25, 0.3) is 0 Å². The molecule has 1 rings (SSSR count). The van der Waals surface area contributed by atoms with E-state index in [1.165, 1.54) is 6.92 Å². The molecule has 5 nitrogen and oxygen atoms in total. The summed E-state index contributed by atoms with van der Waals surface area (Å²) in [7, 11) is 3.95. The Labute approximate surface area is 133 Å². The van der Waals surface area contributed by atoms with Gasteiger partial charge in [-0.3, -0.25) is 4.79 Å². The molecule has 1 aromatic rings. The van der Waals surface area contributed by atoms with Gasteiger partial charge in [0.05, 0.1) is 6.10 Å². The predicted molar refractivity (Wildman–Crippen MR) is 90.9 cm³/mol. The number of aliphatic hydroxyl groups is 1. The van der Waals surface area contributed by atoms with Crippen LogP contribution in [0.15, 0.2) is 18.2 Å². The number of benzene rings is 1. The van der Waals surface area contributed by atoms with Crippen LogP contribution < -0.4 is 10.6 Å². The average Bonchev–Trinajstić information content (AvgIpc) is 2.36. The Morgan fingerprint density at radius 1 is 1.32 bits per heavy atom. The maximum atomic E-state index is 11.3. The van der Waals surface area contributed by atoms with Crippen LogP contribution in [0.5, 0.6) is 0 Å². The van der Waals surface area contributed by atoms with E-state index in [9.17, 15) is 9.90 Å². The molecule has 0 heterocycles. The first-order chi connectivity index (χ1) is 10.1. The molecular weight excluding hydrogens is 278 g/mol. The predicted octanol–water partition coefficient (Wildman–Crippen LogP) is 2.13. The second-order valence-electron chi connectivity index (χ2n) is 6.98. The Morgan fingerprint density at radius 2 is 1.95 bits per heavy atom. The normalized spacial score (nSPS) is 13.3. The zero-order valence-electron chi connectivity index (χ0n) is 14.5. The van der Waals surface area contributed by atoms with E-state index in [4.69, 9.17) is 0 Å². The third-order valence-electron chi connectivity index (χ3n) is 3.14. The van der Waals surface area contributed by atoms with E-state index in [0.717, 1.165) is 16.8 Å². The van der Waals surface area contributed by atoms with Crippen LogP contribution in [0, 0.1) is 0 Å². The summed E-state index contributed by atoms with van der Waals surface area (Å²) in [5.41, 5.74) is 2.60. The highest BCUT2D eigenvalue weighted by molar-refractivity contribution is 5.89. The van der Waals surface area contributed by atoms with Crippen LogP contribution in [0.3, 0.4) is 0 Å². The number of nitrogens with one attached hydrogen (secondary N) is 2. The maximum Gasteiger partial charge on any atom is 0.221 e. The summed E-state index contributed by atoms with van der Waals surface area (Å²) in [4.78, 5) is 13.3. The number of anilines is 1. The standard InChI is InChI=1S/C17H29N3O2/c1-12(21)19-15-8-7-13(9-14(15)11-20(5)6)16(22)10-18-17(2,3)4/h7-9,16,18,22H,10-11H2,1-6H3,(H,19,21). The molecule has 5 heteroatoms. The van der Waals surface area contributed by atoms with Gasteiger partial charge in [0.25, 0.3) is 0 Å². The fourth-order valence-electron chi connectivity index (χ4n) is 2.12. The molecular formula is C17H29N3O2. The first kappa shape index (κ1) is 18.6. The Hall–Kier alpha value is -1.43.